The third-order valence-electron chi connectivity index (χ3n) is 7.48. The SMILES string of the molecule is CN(C)CCN(C(=O)NCC12CC3CC(CC(C3)C1)C2)C1CCS(=O)(=O)C1. The Morgan fingerprint density at radius 1 is 1.04 bits per heavy atom. The number of urea groups is 1. The number of carbonyl (C=O) groups excluding carboxylic acids is 1. The fourth-order valence-electron chi connectivity index (χ4n) is 6.65. The molecule has 4 bridgehead atoms. The zero-order valence-electron chi connectivity index (χ0n) is 16.8. The highest BCUT2D eigenvalue weighted by Crippen LogP contribution is 2.59. The summed E-state index contributed by atoms with van der Waals surface area (Å²) in [7, 11) is 0.966. The smallest absolute Gasteiger partial charge is 0.317 e. The van der Waals surface area contributed by atoms with Crippen molar-refractivity contribution in [2.75, 3.05) is 45.2 Å². The van der Waals surface area contributed by atoms with Gasteiger partial charge in [-0.1, -0.05) is 0 Å². The van der Waals surface area contributed by atoms with Crippen molar-refractivity contribution in [1.29, 1.82) is 0 Å². The molecule has 7 heteroatoms. The Balaban J connectivity index is 1.39. The lowest BCUT2D eigenvalue weighted by atomic mass is 9.49. The average Bonchev–Trinajstić information content (AvgIpc) is 2.91. The molecule has 0 aromatic carbocycles. The number of amides is 2. The molecule has 2 amide bonds. The standard InChI is InChI=1S/C20H35N3O3S/c1-22(2)4-5-23(18-3-6-27(25,26)13-18)19(24)21-14-20-10-15-7-16(11-20)9-17(8-15)12-20/h15-18H,3-14H2,1-2H3,(H,21,24). The van der Waals surface area contributed by atoms with Gasteiger partial charge in [-0.15, -0.1) is 0 Å². The number of sulfone groups is 1. The predicted molar refractivity (Wildman–Crippen MR) is 106 cm³/mol. The lowest BCUT2D eigenvalue weighted by Gasteiger charge is -2.57. The minimum Gasteiger partial charge on any atom is -0.337 e. The summed E-state index contributed by atoms with van der Waals surface area (Å²) in [6.07, 6.45) is 8.60. The molecule has 0 radical (unpaired) electrons. The molecular formula is C20H35N3O3S. The van der Waals surface area contributed by atoms with E-state index in [0.717, 1.165) is 30.8 Å². The molecule has 1 heterocycles. The minimum absolute atomic E-state index is 0.0605. The summed E-state index contributed by atoms with van der Waals surface area (Å²) in [5, 5.41) is 3.24. The zero-order chi connectivity index (χ0) is 19.2. The van der Waals surface area contributed by atoms with Crippen molar-refractivity contribution in [2.24, 2.45) is 23.2 Å². The highest BCUT2D eigenvalue weighted by Gasteiger charge is 2.51. The van der Waals surface area contributed by atoms with E-state index in [1.807, 2.05) is 19.0 Å². The van der Waals surface area contributed by atoms with E-state index in [4.69, 9.17) is 0 Å². The number of rotatable bonds is 6. The largest absolute Gasteiger partial charge is 0.337 e. The molecular weight excluding hydrogens is 362 g/mol. The number of carbonyl (C=O) groups is 1. The van der Waals surface area contributed by atoms with Gasteiger partial charge >= 0.3 is 6.03 Å². The van der Waals surface area contributed by atoms with E-state index in [9.17, 15) is 13.2 Å². The van der Waals surface area contributed by atoms with Crippen LogP contribution in [-0.4, -0.2) is 75.5 Å². The maximum absolute atomic E-state index is 13.0. The zero-order valence-corrected chi connectivity index (χ0v) is 17.6. The van der Waals surface area contributed by atoms with Gasteiger partial charge in [0, 0.05) is 25.7 Å². The molecule has 154 valence electrons. The molecule has 1 atom stereocenters. The van der Waals surface area contributed by atoms with Crippen LogP contribution < -0.4 is 5.32 Å². The van der Waals surface area contributed by atoms with Gasteiger partial charge in [0.2, 0.25) is 0 Å². The van der Waals surface area contributed by atoms with Gasteiger partial charge in [-0.05, 0) is 82.2 Å². The Morgan fingerprint density at radius 2 is 1.63 bits per heavy atom. The molecule has 4 saturated carbocycles. The van der Waals surface area contributed by atoms with E-state index in [-0.39, 0.29) is 23.6 Å². The monoisotopic (exact) mass is 397 g/mol. The second kappa shape index (κ2) is 7.21. The summed E-state index contributed by atoms with van der Waals surface area (Å²) >= 11 is 0. The molecule has 0 aromatic heterocycles. The molecule has 6 nitrogen and oxygen atoms in total. The van der Waals surface area contributed by atoms with Crippen molar-refractivity contribution >= 4 is 15.9 Å². The maximum atomic E-state index is 13.0. The van der Waals surface area contributed by atoms with Crippen LogP contribution >= 0.6 is 0 Å². The average molecular weight is 398 g/mol. The molecule has 1 unspecified atom stereocenters. The third-order valence-corrected chi connectivity index (χ3v) is 9.23. The Labute approximate surface area is 164 Å². The highest BCUT2D eigenvalue weighted by molar-refractivity contribution is 7.91. The first-order valence-corrected chi connectivity index (χ1v) is 12.5. The van der Waals surface area contributed by atoms with E-state index < -0.39 is 9.84 Å². The quantitative estimate of drug-likeness (QED) is 0.744. The van der Waals surface area contributed by atoms with Crippen molar-refractivity contribution in [2.45, 2.75) is 51.0 Å². The number of nitrogens with zero attached hydrogens (tertiary/aromatic N) is 2. The molecule has 0 aromatic rings. The summed E-state index contributed by atoms with van der Waals surface area (Å²) < 4.78 is 23.8. The normalized spacial score (nSPS) is 39.1. The van der Waals surface area contributed by atoms with E-state index >= 15 is 0 Å². The Hall–Kier alpha value is -0.820. The van der Waals surface area contributed by atoms with Crippen molar-refractivity contribution in [1.82, 2.24) is 15.1 Å². The van der Waals surface area contributed by atoms with Gasteiger partial charge in [0.25, 0.3) is 0 Å². The van der Waals surface area contributed by atoms with Gasteiger partial charge in [-0.3, -0.25) is 0 Å². The summed E-state index contributed by atoms with van der Waals surface area (Å²) in [6.45, 7) is 2.11. The Kier molecular flexibility index (Phi) is 5.21. The van der Waals surface area contributed by atoms with Crippen LogP contribution in [0.5, 0.6) is 0 Å². The van der Waals surface area contributed by atoms with Crippen LogP contribution in [0.25, 0.3) is 0 Å². The van der Waals surface area contributed by atoms with Crippen LogP contribution in [-0.2, 0) is 9.84 Å². The second-order valence-corrected chi connectivity index (χ2v) is 12.4. The molecule has 1 N–H and O–H groups in total. The summed E-state index contributed by atoms with van der Waals surface area (Å²) in [5.41, 5.74) is 0.305. The number of hydrogen-bond donors (Lipinski definition) is 1. The summed E-state index contributed by atoms with van der Waals surface area (Å²) in [5.74, 6) is 2.94. The van der Waals surface area contributed by atoms with E-state index in [0.29, 0.717) is 18.4 Å². The van der Waals surface area contributed by atoms with Gasteiger partial charge in [0.05, 0.1) is 11.5 Å². The van der Waals surface area contributed by atoms with Crippen molar-refractivity contribution in [3.63, 3.8) is 0 Å². The number of hydrogen-bond acceptors (Lipinski definition) is 4. The topological polar surface area (TPSA) is 69.7 Å². The highest BCUT2D eigenvalue weighted by atomic mass is 32.2. The van der Waals surface area contributed by atoms with Crippen LogP contribution in [0.1, 0.15) is 44.9 Å². The molecule has 1 saturated heterocycles. The summed E-state index contributed by atoms with van der Waals surface area (Å²) in [4.78, 5) is 16.9. The van der Waals surface area contributed by atoms with Crippen molar-refractivity contribution in [3.8, 4) is 0 Å². The van der Waals surface area contributed by atoms with E-state index in [1.54, 1.807) is 4.90 Å². The molecule has 0 spiro atoms. The molecule has 5 fully saturated rings. The van der Waals surface area contributed by atoms with Crippen LogP contribution in [0, 0.1) is 23.2 Å². The van der Waals surface area contributed by atoms with Gasteiger partial charge < -0.3 is 15.1 Å². The maximum Gasteiger partial charge on any atom is 0.317 e. The molecule has 4 aliphatic carbocycles. The third kappa shape index (κ3) is 4.29. The van der Waals surface area contributed by atoms with Gasteiger partial charge in [-0.2, -0.15) is 0 Å². The predicted octanol–water partition coefficient (Wildman–Crippen LogP) is 1.96. The van der Waals surface area contributed by atoms with Crippen LogP contribution in [0.2, 0.25) is 0 Å². The summed E-state index contributed by atoms with van der Waals surface area (Å²) in [6, 6.07) is -0.235. The first kappa shape index (κ1) is 19.5. The second-order valence-electron chi connectivity index (χ2n) is 10.1. The van der Waals surface area contributed by atoms with Crippen LogP contribution in [0.15, 0.2) is 0 Å². The molecule has 1 aliphatic heterocycles. The van der Waals surface area contributed by atoms with Crippen molar-refractivity contribution < 1.29 is 13.2 Å². The molecule has 5 rings (SSSR count). The number of nitrogens with one attached hydrogen (secondary N) is 1. The number of likely N-dealkylation sites (N-methyl/N-ethyl adjacent to an activating group) is 1. The Morgan fingerprint density at radius 3 is 2.11 bits per heavy atom. The van der Waals surface area contributed by atoms with Crippen molar-refractivity contribution in [3.05, 3.63) is 0 Å². The van der Waals surface area contributed by atoms with E-state index in [1.165, 1.54) is 38.5 Å². The first-order valence-electron chi connectivity index (χ1n) is 10.6. The van der Waals surface area contributed by atoms with Gasteiger partial charge in [0.15, 0.2) is 9.84 Å². The molecule has 5 aliphatic rings. The Bertz CT molecular complexity index is 641. The van der Waals surface area contributed by atoms with Gasteiger partial charge in [-0.25, -0.2) is 13.2 Å². The first-order chi connectivity index (χ1) is 12.7. The minimum atomic E-state index is -3.00. The lowest BCUT2D eigenvalue weighted by molar-refractivity contribution is -0.0503. The van der Waals surface area contributed by atoms with Crippen LogP contribution in [0.3, 0.4) is 0 Å². The fraction of sp³-hybridized carbons (Fsp3) is 0.950. The van der Waals surface area contributed by atoms with Crippen LogP contribution in [0.4, 0.5) is 4.79 Å². The van der Waals surface area contributed by atoms with E-state index in [2.05, 4.69) is 5.32 Å². The fourth-order valence-corrected chi connectivity index (χ4v) is 8.38. The molecule has 27 heavy (non-hydrogen) atoms. The lowest BCUT2D eigenvalue weighted by Crippen LogP contribution is -2.54. The van der Waals surface area contributed by atoms with Gasteiger partial charge in [0.1, 0.15) is 0 Å².